The van der Waals surface area contributed by atoms with Crippen LogP contribution in [0.25, 0.3) is 0 Å². The third-order valence-corrected chi connectivity index (χ3v) is 3.48. The molecule has 0 saturated carbocycles. The van der Waals surface area contributed by atoms with Crippen molar-refractivity contribution < 1.29 is 14.9 Å². The van der Waals surface area contributed by atoms with Crippen LogP contribution in [0.5, 0.6) is 11.5 Å². The number of benzene rings is 1. The van der Waals surface area contributed by atoms with Crippen molar-refractivity contribution in [2.75, 3.05) is 19.8 Å². The van der Waals surface area contributed by atoms with E-state index in [4.69, 9.17) is 4.74 Å². The Morgan fingerprint density at radius 2 is 1.83 bits per heavy atom. The molecule has 1 saturated heterocycles. The molecule has 0 spiro atoms. The maximum Gasteiger partial charge on any atom is 0.119 e. The van der Waals surface area contributed by atoms with Gasteiger partial charge in [-0.25, -0.2) is 0 Å². The first-order chi connectivity index (χ1) is 8.65. The SMILES string of the molecule is CC(NCC1CCOCC1)c1cc(O)cc(O)c1. The molecule has 4 nitrogen and oxygen atoms in total. The molecule has 1 aromatic rings. The highest BCUT2D eigenvalue weighted by molar-refractivity contribution is 5.37. The predicted molar refractivity (Wildman–Crippen MR) is 69.7 cm³/mol. The molecule has 1 fully saturated rings. The molecular formula is C14H21NO3. The lowest BCUT2D eigenvalue weighted by Crippen LogP contribution is -2.29. The van der Waals surface area contributed by atoms with E-state index >= 15 is 0 Å². The average molecular weight is 251 g/mol. The van der Waals surface area contributed by atoms with Crippen molar-refractivity contribution >= 4 is 0 Å². The van der Waals surface area contributed by atoms with Crippen LogP contribution < -0.4 is 5.32 Å². The van der Waals surface area contributed by atoms with Gasteiger partial charge >= 0.3 is 0 Å². The Kier molecular flexibility index (Phi) is 4.44. The van der Waals surface area contributed by atoms with Crippen LogP contribution in [0.4, 0.5) is 0 Å². The van der Waals surface area contributed by atoms with Gasteiger partial charge in [0, 0.05) is 25.3 Å². The van der Waals surface area contributed by atoms with Gasteiger partial charge in [0.2, 0.25) is 0 Å². The first-order valence-electron chi connectivity index (χ1n) is 6.49. The number of hydrogen-bond donors (Lipinski definition) is 3. The molecule has 1 atom stereocenters. The van der Waals surface area contributed by atoms with Crippen LogP contribution in [0.3, 0.4) is 0 Å². The van der Waals surface area contributed by atoms with Crippen molar-refractivity contribution in [2.45, 2.75) is 25.8 Å². The second kappa shape index (κ2) is 6.07. The van der Waals surface area contributed by atoms with Crippen molar-refractivity contribution in [3.8, 4) is 11.5 Å². The maximum atomic E-state index is 9.46. The predicted octanol–water partition coefficient (Wildman–Crippen LogP) is 2.17. The van der Waals surface area contributed by atoms with E-state index in [-0.39, 0.29) is 17.5 Å². The van der Waals surface area contributed by atoms with Crippen LogP contribution in [-0.4, -0.2) is 30.0 Å². The summed E-state index contributed by atoms with van der Waals surface area (Å²) >= 11 is 0. The molecule has 100 valence electrons. The second-order valence-corrected chi connectivity index (χ2v) is 4.97. The summed E-state index contributed by atoms with van der Waals surface area (Å²) in [5.74, 6) is 0.863. The molecule has 2 rings (SSSR count). The van der Waals surface area contributed by atoms with E-state index in [9.17, 15) is 10.2 Å². The molecule has 0 aliphatic carbocycles. The molecule has 0 radical (unpaired) electrons. The summed E-state index contributed by atoms with van der Waals surface area (Å²) in [6.07, 6.45) is 2.20. The Morgan fingerprint density at radius 3 is 2.44 bits per heavy atom. The van der Waals surface area contributed by atoms with Crippen LogP contribution in [0.15, 0.2) is 18.2 Å². The van der Waals surface area contributed by atoms with Gasteiger partial charge in [-0.2, -0.15) is 0 Å². The Balaban J connectivity index is 1.88. The second-order valence-electron chi connectivity index (χ2n) is 4.97. The minimum absolute atomic E-state index is 0.102. The van der Waals surface area contributed by atoms with Crippen LogP contribution in [0, 0.1) is 5.92 Å². The monoisotopic (exact) mass is 251 g/mol. The van der Waals surface area contributed by atoms with Gasteiger partial charge in [0.1, 0.15) is 11.5 Å². The number of nitrogens with one attached hydrogen (secondary N) is 1. The van der Waals surface area contributed by atoms with Crippen LogP contribution in [-0.2, 0) is 4.74 Å². The largest absolute Gasteiger partial charge is 0.508 e. The molecule has 18 heavy (non-hydrogen) atoms. The number of phenols is 2. The average Bonchev–Trinajstić information content (AvgIpc) is 2.36. The Hall–Kier alpha value is -1.26. The van der Waals surface area contributed by atoms with Gasteiger partial charge in [-0.15, -0.1) is 0 Å². The number of aromatic hydroxyl groups is 2. The van der Waals surface area contributed by atoms with Gasteiger partial charge in [0.25, 0.3) is 0 Å². The van der Waals surface area contributed by atoms with E-state index in [1.807, 2.05) is 6.92 Å². The van der Waals surface area contributed by atoms with E-state index in [1.54, 1.807) is 12.1 Å². The fourth-order valence-corrected chi connectivity index (χ4v) is 2.28. The topological polar surface area (TPSA) is 61.7 Å². The molecule has 4 heteroatoms. The van der Waals surface area contributed by atoms with E-state index in [0.717, 1.165) is 38.2 Å². The zero-order chi connectivity index (χ0) is 13.0. The van der Waals surface area contributed by atoms with Gasteiger partial charge in [0.05, 0.1) is 0 Å². The summed E-state index contributed by atoms with van der Waals surface area (Å²) in [7, 11) is 0. The number of rotatable bonds is 4. The molecule has 0 bridgehead atoms. The lowest BCUT2D eigenvalue weighted by Gasteiger charge is -2.24. The van der Waals surface area contributed by atoms with E-state index in [1.165, 1.54) is 6.07 Å². The highest BCUT2D eigenvalue weighted by Gasteiger charge is 2.15. The number of ether oxygens (including phenoxy) is 1. The summed E-state index contributed by atoms with van der Waals surface area (Å²) in [5.41, 5.74) is 0.902. The third-order valence-electron chi connectivity index (χ3n) is 3.48. The summed E-state index contributed by atoms with van der Waals surface area (Å²) in [4.78, 5) is 0. The van der Waals surface area contributed by atoms with Crippen LogP contribution in [0.2, 0.25) is 0 Å². The van der Waals surface area contributed by atoms with E-state index < -0.39 is 0 Å². The minimum Gasteiger partial charge on any atom is -0.508 e. The summed E-state index contributed by atoms with van der Waals surface area (Å²) < 4.78 is 5.33. The normalized spacial score (nSPS) is 18.7. The molecule has 0 amide bonds. The Bertz CT molecular complexity index is 368. The molecule has 1 aliphatic heterocycles. The quantitative estimate of drug-likeness (QED) is 0.767. The van der Waals surface area contributed by atoms with Crippen LogP contribution >= 0.6 is 0 Å². The summed E-state index contributed by atoms with van der Waals surface area (Å²) in [5, 5.41) is 22.4. The fourth-order valence-electron chi connectivity index (χ4n) is 2.28. The third kappa shape index (κ3) is 3.62. The minimum atomic E-state index is 0.102. The highest BCUT2D eigenvalue weighted by Crippen LogP contribution is 2.25. The number of phenolic OH excluding ortho intramolecular Hbond substituents is 2. The molecule has 1 aliphatic rings. The van der Waals surface area contributed by atoms with Crippen molar-refractivity contribution in [1.82, 2.24) is 5.32 Å². The number of hydrogen-bond acceptors (Lipinski definition) is 4. The summed E-state index contributed by atoms with van der Waals surface area (Å²) in [6, 6.07) is 4.82. The fraction of sp³-hybridized carbons (Fsp3) is 0.571. The van der Waals surface area contributed by atoms with Gasteiger partial charge in [0.15, 0.2) is 0 Å². The maximum absolute atomic E-state index is 9.46. The van der Waals surface area contributed by atoms with Crippen molar-refractivity contribution in [1.29, 1.82) is 0 Å². The van der Waals surface area contributed by atoms with Crippen molar-refractivity contribution in [3.05, 3.63) is 23.8 Å². The molecule has 1 unspecified atom stereocenters. The smallest absolute Gasteiger partial charge is 0.119 e. The molecule has 3 N–H and O–H groups in total. The van der Waals surface area contributed by atoms with Gasteiger partial charge in [-0.05, 0) is 49.9 Å². The molecule has 1 aromatic carbocycles. The Labute approximate surface area is 108 Å². The highest BCUT2D eigenvalue weighted by atomic mass is 16.5. The molecular weight excluding hydrogens is 230 g/mol. The first-order valence-corrected chi connectivity index (χ1v) is 6.49. The van der Waals surface area contributed by atoms with E-state index in [2.05, 4.69) is 5.32 Å². The standard InChI is InChI=1S/C14H21NO3/c1-10(12-6-13(16)8-14(17)7-12)15-9-11-2-4-18-5-3-11/h6-8,10-11,15-17H,2-5,9H2,1H3. The Morgan fingerprint density at radius 1 is 1.22 bits per heavy atom. The van der Waals surface area contributed by atoms with Crippen molar-refractivity contribution in [3.63, 3.8) is 0 Å². The first kappa shape index (κ1) is 13.2. The van der Waals surface area contributed by atoms with Crippen molar-refractivity contribution in [2.24, 2.45) is 5.92 Å². The lowest BCUT2D eigenvalue weighted by molar-refractivity contribution is 0.0656. The zero-order valence-corrected chi connectivity index (χ0v) is 10.7. The molecule has 1 heterocycles. The van der Waals surface area contributed by atoms with Gasteiger partial charge < -0.3 is 20.3 Å². The zero-order valence-electron chi connectivity index (χ0n) is 10.7. The van der Waals surface area contributed by atoms with Crippen LogP contribution in [0.1, 0.15) is 31.4 Å². The lowest BCUT2D eigenvalue weighted by atomic mass is 9.99. The summed E-state index contributed by atoms with van der Waals surface area (Å²) in [6.45, 7) is 4.69. The van der Waals surface area contributed by atoms with E-state index in [0.29, 0.717) is 5.92 Å². The molecule has 0 aromatic heterocycles. The van der Waals surface area contributed by atoms with Gasteiger partial charge in [-0.3, -0.25) is 0 Å². The van der Waals surface area contributed by atoms with Gasteiger partial charge in [-0.1, -0.05) is 0 Å².